The van der Waals surface area contributed by atoms with E-state index in [1.807, 2.05) is 42.5 Å². The van der Waals surface area contributed by atoms with E-state index >= 15 is 0 Å². The van der Waals surface area contributed by atoms with Crippen LogP contribution in [0.5, 0.6) is 0 Å². The first-order chi connectivity index (χ1) is 14.6. The Labute approximate surface area is 180 Å². The maximum Gasteiger partial charge on any atom is 0.267 e. The molecular weight excluding hydrogens is 418 g/mol. The van der Waals surface area contributed by atoms with Crippen molar-refractivity contribution in [3.05, 3.63) is 87.6 Å². The summed E-state index contributed by atoms with van der Waals surface area (Å²) in [6.45, 7) is 0. The molecule has 0 atom stereocenters. The number of hydrogen-bond acceptors (Lipinski definition) is 6. The van der Waals surface area contributed by atoms with Crippen molar-refractivity contribution in [1.29, 1.82) is 0 Å². The van der Waals surface area contributed by atoms with Gasteiger partial charge >= 0.3 is 0 Å². The van der Waals surface area contributed by atoms with Crippen LogP contribution >= 0.6 is 22.9 Å². The molecule has 0 aliphatic heterocycles. The Balaban J connectivity index is 1.72. The van der Waals surface area contributed by atoms with Gasteiger partial charge in [0, 0.05) is 22.7 Å². The van der Waals surface area contributed by atoms with E-state index in [0.29, 0.717) is 33.4 Å². The molecule has 5 aromatic rings. The third-order valence-electron chi connectivity index (χ3n) is 4.63. The summed E-state index contributed by atoms with van der Waals surface area (Å²) in [7, 11) is 0. The number of halogens is 1. The number of nitrogens with two attached hydrogens (primary N) is 1. The molecule has 0 spiro atoms. The predicted molar refractivity (Wildman–Crippen MR) is 121 cm³/mol. The molecule has 2 aromatic carbocycles. The molecule has 0 bridgehead atoms. The predicted octanol–water partition coefficient (Wildman–Crippen LogP) is 4.81. The van der Waals surface area contributed by atoms with Gasteiger partial charge in [-0.15, -0.1) is 11.3 Å². The summed E-state index contributed by atoms with van der Waals surface area (Å²) in [5.74, 6) is 1.45. The number of anilines is 1. The lowest BCUT2D eigenvalue weighted by molar-refractivity contribution is 0.932. The Morgan fingerprint density at radius 2 is 1.70 bits per heavy atom. The highest BCUT2D eigenvalue weighted by Crippen LogP contribution is 2.28. The number of benzene rings is 2. The topological polar surface area (TPSA) is 86.7 Å². The van der Waals surface area contributed by atoms with Crippen molar-refractivity contribution in [2.75, 3.05) is 5.73 Å². The van der Waals surface area contributed by atoms with E-state index < -0.39 is 0 Å². The van der Waals surface area contributed by atoms with E-state index in [1.165, 1.54) is 22.1 Å². The summed E-state index contributed by atoms with van der Waals surface area (Å²) in [6, 6.07) is 18.4. The van der Waals surface area contributed by atoms with Crippen molar-refractivity contribution in [2.45, 2.75) is 0 Å². The summed E-state index contributed by atoms with van der Waals surface area (Å²) in [4.78, 5) is 26.7. The van der Waals surface area contributed by atoms with E-state index in [2.05, 4.69) is 9.97 Å². The lowest BCUT2D eigenvalue weighted by Crippen LogP contribution is -2.22. The zero-order chi connectivity index (χ0) is 20.7. The van der Waals surface area contributed by atoms with Crippen molar-refractivity contribution in [1.82, 2.24) is 19.5 Å². The normalized spacial score (nSPS) is 11.1. The van der Waals surface area contributed by atoms with E-state index in [1.54, 1.807) is 23.6 Å². The van der Waals surface area contributed by atoms with Gasteiger partial charge in [0.05, 0.1) is 15.9 Å². The number of para-hydroxylation sites is 1. The smallest absolute Gasteiger partial charge is 0.267 e. The first-order valence-corrected chi connectivity index (χ1v) is 10.3. The molecule has 2 N–H and O–H groups in total. The number of aromatic nitrogens is 4. The number of fused-ring (bicyclic) bond motifs is 1. The molecule has 3 heterocycles. The second-order valence-corrected chi connectivity index (χ2v) is 7.88. The maximum atomic E-state index is 13.3. The third-order valence-corrected chi connectivity index (χ3v) is 5.76. The average molecular weight is 432 g/mol. The summed E-state index contributed by atoms with van der Waals surface area (Å²) < 4.78 is 1.51. The summed E-state index contributed by atoms with van der Waals surface area (Å²) in [5, 5.41) is 3.65. The highest BCUT2D eigenvalue weighted by atomic mass is 35.5. The van der Waals surface area contributed by atoms with Gasteiger partial charge in [-0.1, -0.05) is 48.0 Å². The highest BCUT2D eigenvalue weighted by molar-refractivity contribution is 7.13. The molecule has 30 heavy (non-hydrogen) atoms. The summed E-state index contributed by atoms with van der Waals surface area (Å²) in [6.07, 6.45) is 1.51. The fourth-order valence-electron chi connectivity index (χ4n) is 3.22. The van der Waals surface area contributed by atoms with Crippen LogP contribution in [0.25, 0.3) is 38.7 Å². The number of pyridine rings is 1. The van der Waals surface area contributed by atoms with Crippen LogP contribution < -0.4 is 11.3 Å². The fourth-order valence-corrected chi connectivity index (χ4v) is 4.05. The minimum Gasteiger partial charge on any atom is -0.383 e. The number of nitrogen functional groups attached to an aromatic ring is 1. The zero-order valence-corrected chi connectivity index (χ0v) is 17.1. The molecule has 0 unspecified atom stereocenters. The van der Waals surface area contributed by atoms with Gasteiger partial charge in [0.1, 0.15) is 22.5 Å². The van der Waals surface area contributed by atoms with Gasteiger partial charge < -0.3 is 5.73 Å². The average Bonchev–Trinajstić information content (AvgIpc) is 3.21. The Kier molecular flexibility index (Phi) is 4.54. The summed E-state index contributed by atoms with van der Waals surface area (Å²) in [5.41, 5.74) is 7.89. The molecule has 0 amide bonds. The highest BCUT2D eigenvalue weighted by Gasteiger charge is 2.15. The van der Waals surface area contributed by atoms with Crippen LogP contribution in [0.2, 0.25) is 5.02 Å². The molecule has 146 valence electrons. The first kappa shape index (κ1) is 18.5. The molecule has 0 aliphatic rings. The van der Waals surface area contributed by atoms with Crippen molar-refractivity contribution >= 4 is 39.7 Å². The van der Waals surface area contributed by atoms with E-state index in [-0.39, 0.29) is 5.56 Å². The maximum absolute atomic E-state index is 13.3. The molecule has 8 heteroatoms. The largest absolute Gasteiger partial charge is 0.383 e. The van der Waals surface area contributed by atoms with Gasteiger partial charge in [-0.2, -0.15) is 0 Å². The monoisotopic (exact) mass is 431 g/mol. The van der Waals surface area contributed by atoms with E-state index in [4.69, 9.17) is 22.3 Å². The molecule has 0 saturated heterocycles. The number of thiazole rings is 1. The van der Waals surface area contributed by atoms with Crippen molar-refractivity contribution in [2.24, 2.45) is 0 Å². The molecule has 5 rings (SSSR count). The minimum absolute atomic E-state index is 0.192. The van der Waals surface area contributed by atoms with Crippen LogP contribution in [0.3, 0.4) is 0 Å². The van der Waals surface area contributed by atoms with E-state index in [0.717, 1.165) is 16.1 Å². The standard InChI is InChI=1S/C22H14ClN5OS/c23-15-9-10-19(25-11-15)28-20(26-17-4-2-1-3-16(17)22(28)29)13-5-7-14(8-6-13)21-27-18(24)12-30-21/h1-12H,24H2. The number of nitrogens with zero attached hydrogens (tertiary/aromatic N) is 4. The third kappa shape index (κ3) is 3.24. The van der Waals surface area contributed by atoms with Gasteiger partial charge in [-0.05, 0) is 24.3 Å². The van der Waals surface area contributed by atoms with Crippen molar-refractivity contribution in [3.63, 3.8) is 0 Å². The number of rotatable bonds is 3. The van der Waals surface area contributed by atoms with Crippen LogP contribution in [-0.2, 0) is 0 Å². The van der Waals surface area contributed by atoms with Crippen LogP contribution in [0.15, 0.2) is 77.0 Å². The molecule has 6 nitrogen and oxygen atoms in total. The van der Waals surface area contributed by atoms with Crippen molar-refractivity contribution < 1.29 is 0 Å². The molecule has 0 fully saturated rings. The lowest BCUT2D eigenvalue weighted by atomic mass is 10.1. The van der Waals surface area contributed by atoms with E-state index in [9.17, 15) is 4.79 Å². The van der Waals surface area contributed by atoms with Gasteiger partial charge in [0.25, 0.3) is 5.56 Å². The molecule has 0 saturated carbocycles. The first-order valence-electron chi connectivity index (χ1n) is 9.06. The molecule has 0 radical (unpaired) electrons. The second kappa shape index (κ2) is 7.37. The van der Waals surface area contributed by atoms with Gasteiger partial charge in [0.15, 0.2) is 0 Å². The SMILES string of the molecule is Nc1csc(-c2ccc(-c3nc4ccccc4c(=O)n3-c3ccc(Cl)cn3)cc2)n1. The Morgan fingerprint density at radius 3 is 2.40 bits per heavy atom. The number of hydrogen-bond donors (Lipinski definition) is 1. The van der Waals surface area contributed by atoms with Crippen LogP contribution in [0.1, 0.15) is 0 Å². The van der Waals surface area contributed by atoms with Crippen LogP contribution in [0.4, 0.5) is 5.82 Å². The minimum atomic E-state index is -0.192. The van der Waals surface area contributed by atoms with Crippen LogP contribution in [-0.4, -0.2) is 19.5 Å². The quantitative estimate of drug-likeness (QED) is 0.443. The fraction of sp³-hybridized carbons (Fsp3) is 0. The Bertz CT molecular complexity index is 1430. The van der Waals surface area contributed by atoms with Gasteiger partial charge in [-0.25, -0.2) is 19.5 Å². The summed E-state index contributed by atoms with van der Waals surface area (Å²) >= 11 is 7.47. The molecule has 3 aromatic heterocycles. The zero-order valence-electron chi connectivity index (χ0n) is 15.5. The molecular formula is C22H14ClN5OS. The van der Waals surface area contributed by atoms with Gasteiger partial charge in [0.2, 0.25) is 0 Å². The Morgan fingerprint density at radius 1 is 0.933 bits per heavy atom. The van der Waals surface area contributed by atoms with Gasteiger partial charge in [-0.3, -0.25) is 4.79 Å². The Hall–Kier alpha value is -3.55. The second-order valence-electron chi connectivity index (χ2n) is 6.58. The van der Waals surface area contributed by atoms with Crippen molar-refractivity contribution in [3.8, 4) is 27.8 Å². The molecule has 0 aliphatic carbocycles. The van der Waals surface area contributed by atoms with Crippen LogP contribution in [0, 0.1) is 0 Å². The lowest BCUT2D eigenvalue weighted by Gasteiger charge is -2.13.